The van der Waals surface area contributed by atoms with Gasteiger partial charge in [0.1, 0.15) is 5.76 Å². The van der Waals surface area contributed by atoms with Gasteiger partial charge in [0.2, 0.25) is 5.55 Å². The predicted molar refractivity (Wildman–Crippen MR) is 128 cm³/mol. The molecular formula is C29H20F3NO. The molecule has 0 saturated carbocycles. The molecular weight excluding hydrogens is 435 g/mol. The van der Waals surface area contributed by atoms with Crippen LogP contribution in [0.4, 0.5) is 18.9 Å². The maximum absolute atomic E-state index is 13.7. The van der Waals surface area contributed by atoms with Crippen molar-refractivity contribution in [3.8, 4) is 22.5 Å². The average molecular weight is 455 g/mol. The zero-order valence-electron chi connectivity index (χ0n) is 18.3. The number of alkyl halides is 3. The minimum atomic E-state index is -4.48. The van der Waals surface area contributed by atoms with Crippen LogP contribution in [-0.2, 0) is 6.18 Å². The van der Waals surface area contributed by atoms with Gasteiger partial charge in [-0.05, 0) is 48.2 Å². The molecule has 1 aromatic heterocycles. The molecule has 34 heavy (non-hydrogen) atoms. The van der Waals surface area contributed by atoms with Crippen LogP contribution in [0.3, 0.4) is 0 Å². The number of hydrogen-bond donors (Lipinski definition) is 0. The summed E-state index contributed by atoms with van der Waals surface area (Å²) in [6, 6.07) is 30.0. The number of benzene rings is 4. The van der Waals surface area contributed by atoms with E-state index in [-0.39, 0.29) is 5.55 Å². The van der Waals surface area contributed by atoms with E-state index in [2.05, 4.69) is 4.99 Å². The van der Waals surface area contributed by atoms with Crippen LogP contribution < -0.4 is 5.55 Å². The van der Waals surface area contributed by atoms with E-state index in [0.717, 1.165) is 22.8 Å². The van der Waals surface area contributed by atoms with Crippen molar-refractivity contribution in [3.05, 3.63) is 120 Å². The van der Waals surface area contributed by atoms with E-state index in [1.165, 1.54) is 12.1 Å². The van der Waals surface area contributed by atoms with Gasteiger partial charge in [-0.15, -0.1) is 0 Å². The SMILES string of the molecule is Cc1ccc(N=c2oc(-c3ccccc3)c(-c3ccccc3)c3cc(C(F)(F)F)ccc23)cc1. The smallest absolute Gasteiger partial charge is 0.416 e. The van der Waals surface area contributed by atoms with Crippen molar-refractivity contribution in [3.63, 3.8) is 0 Å². The molecule has 5 rings (SSSR count). The lowest BCUT2D eigenvalue weighted by Crippen LogP contribution is -2.09. The molecule has 0 atom stereocenters. The zero-order valence-corrected chi connectivity index (χ0v) is 18.3. The third-order valence-corrected chi connectivity index (χ3v) is 5.64. The Morgan fingerprint density at radius 2 is 1.29 bits per heavy atom. The second kappa shape index (κ2) is 8.67. The Morgan fingerprint density at radius 1 is 0.676 bits per heavy atom. The van der Waals surface area contributed by atoms with E-state index in [1.54, 1.807) is 0 Å². The van der Waals surface area contributed by atoms with E-state index < -0.39 is 11.7 Å². The first kappa shape index (κ1) is 21.7. The minimum Gasteiger partial charge on any atom is -0.437 e. The zero-order chi connectivity index (χ0) is 23.7. The predicted octanol–water partition coefficient (Wildman–Crippen LogP) is 8.33. The maximum atomic E-state index is 13.7. The topological polar surface area (TPSA) is 25.5 Å². The summed E-state index contributed by atoms with van der Waals surface area (Å²) >= 11 is 0. The van der Waals surface area contributed by atoms with Gasteiger partial charge in [-0.25, -0.2) is 4.99 Å². The summed E-state index contributed by atoms with van der Waals surface area (Å²) in [5.74, 6) is 0.462. The van der Waals surface area contributed by atoms with Crippen molar-refractivity contribution in [2.75, 3.05) is 0 Å². The highest BCUT2D eigenvalue weighted by atomic mass is 19.4. The van der Waals surface area contributed by atoms with Crippen LogP contribution >= 0.6 is 0 Å². The summed E-state index contributed by atoms with van der Waals surface area (Å²) in [6.07, 6.45) is -4.48. The molecule has 0 saturated heterocycles. The first-order valence-corrected chi connectivity index (χ1v) is 10.8. The van der Waals surface area contributed by atoms with E-state index in [4.69, 9.17) is 4.42 Å². The molecule has 5 heteroatoms. The third-order valence-electron chi connectivity index (χ3n) is 5.64. The van der Waals surface area contributed by atoms with E-state index in [0.29, 0.717) is 27.8 Å². The van der Waals surface area contributed by atoms with Gasteiger partial charge in [0.25, 0.3) is 0 Å². The molecule has 2 nitrogen and oxygen atoms in total. The normalized spacial score (nSPS) is 12.3. The van der Waals surface area contributed by atoms with Crippen LogP contribution in [-0.4, -0.2) is 0 Å². The maximum Gasteiger partial charge on any atom is 0.416 e. The number of rotatable bonds is 3. The summed E-state index contributed by atoms with van der Waals surface area (Å²) in [6.45, 7) is 1.98. The third kappa shape index (κ3) is 4.25. The van der Waals surface area contributed by atoms with Gasteiger partial charge in [0.05, 0.1) is 11.3 Å². The lowest BCUT2D eigenvalue weighted by Gasteiger charge is -2.15. The second-order valence-corrected chi connectivity index (χ2v) is 8.05. The fourth-order valence-corrected chi connectivity index (χ4v) is 3.94. The molecule has 4 aromatic carbocycles. The first-order valence-electron chi connectivity index (χ1n) is 10.8. The van der Waals surface area contributed by atoms with Crippen molar-refractivity contribution < 1.29 is 17.6 Å². The summed E-state index contributed by atoms with van der Waals surface area (Å²) in [7, 11) is 0. The fraction of sp³-hybridized carbons (Fsp3) is 0.0690. The monoisotopic (exact) mass is 455 g/mol. The Balaban J connectivity index is 1.93. The van der Waals surface area contributed by atoms with Gasteiger partial charge in [-0.3, -0.25) is 0 Å². The van der Waals surface area contributed by atoms with Gasteiger partial charge >= 0.3 is 6.18 Å². The van der Waals surface area contributed by atoms with Gasteiger partial charge < -0.3 is 4.42 Å². The van der Waals surface area contributed by atoms with E-state index in [1.807, 2.05) is 91.9 Å². The highest BCUT2D eigenvalue weighted by Gasteiger charge is 2.31. The molecule has 0 bridgehead atoms. The van der Waals surface area contributed by atoms with Gasteiger partial charge in [0, 0.05) is 16.5 Å². The summed E-state index contributed by atoms with van der Waals surface area (Å²) in [5.41, 5.74) is 3.38. The van der Waals surface area contributed by atoms with Crippen LogP contribution in [0.2, 0.25) is 0 Å². The van der Waals surface area contributed by atoms with Gasteiger partial charge in [-0.2, -0.15) is 13.2 Å². The van der Waals surface area contributed by atoms with Gasteiger partial charge in [0.15, 0.2) is 0 Å². The highest BCUT2D eigenvalue weighted by Crippen LogP contribution is 2.39. The standard InChI is InChI=1S/C29H20F3NO/c1-19-12-15-23(16-13-19)33-28-24-17-14-22(29(30,31)32)18-25(24)26(20-8-4-2-5-9-20)27(34-28)21-10-6-3-7-11-21/h2-18H,1H3. The lowest BCUT2D eigenvalue weighted by molar-refractivity contribution is -0.137. The van der Waals surface area contributed by atoms with Crippen LogP contribution in [0.1, 0.15) is 11.1 Å². The number of aryl methyl sites for hydroxylation is 1. The largest absolute Gasteiger partial charge is 0.437 e. The van der Waals surface area contributed by atoms with Crippen LogP contribution in [0.5, 0.6) is 0 Å². The molecule has 0 spiro atoms. The fourth-order valence-electron chi connectivity index (χ4n) is 3.94. The van der Waals surface area contributed by atoms with Crippen molar-refractivity contribution in [1.29, 1.82) is 0 Å². The van der Waals surface area contributed by atoms with Crippen molar-refractivity contribution in [1.82, 2.24) is 0 Å². The van der Waals surface area contributed by atoms with Crippen LogP contribution in [0.15, 0.2) is 113 Å². The highest BCUT2D eigenvalue weighted by molar-refractivity contribution is 6.01. The quantitative estimate of drug-likeness (QED) is 0.268. The lowest BCUT2D eigenvalue weighted by atomic mass is 9.94. The molecule has 0 unspecified atom stereocenters. The number of nitrogens with zero attached hydrogens (tertiary/aromatic N) is 1. The summed E-state index contributed by atoms with van der Waals surface area (Å²) in [5, 5.41) is 0.934. The minimum absolute atomic E-state index is 0.256. The van der Waals surface area contributed by atoms with E-state index in [9.17, 15) is 13.2 Å². The molecule has 1 heterocycles. The Hall–Kier alpha value is -4.12. The Kier molecular flexibility index (Phi) is 5.54. The summed E-state index contributed by atoms with van der Waals surface area (Å²) < 4.78 is 47.5. The second-order valence-electron chi connectivity index (χ2n) is 8.05. The van der Waals surface area contributed by atoms with Crippen LogP contribution in [0.25, 0.3) is 33.2 Å². The van der Waals surface area contributed by atoms with Crippen LogP contribution in [0, 0.1) is 6.92 Å². The van der Waals surface area contributed by atoms with Crippen molar-refractivity contribution in [2.24, 2.45) is 4.99 Å². The molecule has 0 amide bonds. The molecule has 0 fully saturated rings. The Labute approximate surface area is 194 Å². The molecule has 168 valence electrons. The Morgan fingerprint density at radius 3 is 1.91 bits per heavy atom. The summed E-state index contributed by atoms with van der Waals surface area (Å²) in [4.78, 5) is 4.68. The number of hydrogen-bond acceptors (Lipinski definition) is 2. The Bertz CT molecular complexity index is 1520. The molecule has 0 aliphatic carbocycles. The molecule has 5 aromatic rings. The number of fused-ring (bicyclic) bond motifs is 1. The number of halogens is 3. The first-order chi connectivity index (χ1) is 16.4. The van der Waals surface area contributed by atoms with E-state index >= 15 is 0 Å². The molecule has 0 aliphatic rings. The molecule has 0 aliphatic heterocycles. The van der Waals surface area contributed by atoms with Gasteiger partial charge in [-0.1, -0.05) is 78.4 Å². The van der Waals surface area contributed by atoms with Crippen molar-refractivity contribution >= 4 is 16.5 Å². The molecule has 0 N–H and O–H groups in total. The molecule has 0 radical (unpaired) electrons. The average Bonchev–Trinajstić information content (AvgIpc) is 2.85. The van der Waals surface area contributed by atoms with Crippen molar-refractivity contribution in [2.45, 2.75) is 13.1 Å².